The summed E-state index contributed by atoms with van der Waals surface area (Å²) in [6, 6.07) is 21.2. The molecule has 0 aliphatic rings. The smallest absolute Gasteiger partial charge is 0.196 e. The van der Waals surface area contributed by atoms with E-state index in [1.54, 1.807) is 39.5 Å². The van der Waals surface area contributed by atoms with Crippen LogP contribution in [-0.2, 0) is 5.41 Å². The summed E-state index contributed by atoms with van der Waals surface area (Å²) in [6.45, 7) is 6.56. The van der Waals surface area contributed by atoms with Gasteiger partial charge in [0.25, 0.3) is 0 Å². The Labute approximate surface area is 221 Å². The average Bonchev–Trinajstić information content (AvgIpc) is 3.34. The molecule has 0 amide bonds. The molecule has 0 fully saturated rings. The van der Waals surface area contributed by atoms with Crippen molar-refractivity contribution >= 4 is 17.5 Å². The molecule has 0 bridgehead atoms. The van der Waals surface area contributed by atoms with Gasteiger partial charge in [0.2, 0.25) is 0 Å². The van der Waals surface area contributed by atoms with Crippen LogP contribution in [0.25, 0.3) is 17.1 Å². The summed E-state index contributed by atoms with van der Waals surface area (Å²) in [5, 5.41) is 9.58. The molecule has 4 rings (SSSR count). The largest absolute Gasteiger partial charge is 0.497 e. The summed E-state index contributed by atoms with van der Waals surface area (Å²) < 4.78 is 18.0. The summed E-state index contributed by atoms with van der Waals surface area (Å²) in [5.74, 6) is 2.60. The van der Waals surface area contributed by atoms with Crippen molar-refractivity contribution in [3.05, 3.63) is 77.9 Å². The Morgan fingerprint density at radius 3 is 2.08 bits per heavy atom. The molecule has 0 unspecified atom stereocenters. The van der Waals surface area contributed by atoms with E-state index >= 15 is 0 Å². The lowest BCUT2D eigenvalue weighted by molar-refractivity contribution is 0.101. The summed E-state index contributed by atoms with van der Waals surface area (Å²) in [4.78, 5) is 13.2. The van der Waals surface area contributed by atoms with Crippen LogP contribution in [0.4, 0.5) is 0 Å². The van der Waals surface area contributed by atoms with Crippen LogP contribution in [0.3, 0.4) is 0 Å². The number of rotatable bonds is 9. The lowest BCUT2D eigenvalue weighted by Gasteiger charge is -2.19. The van der Waals surface area contributed by atoms with Gasteiger partial charge in [-0.15, -0.1) is 10.2 Å². The first kappa shape index (κ1) is 26.3. The van der Waals surface area contributed by atoms with E-state index in [2.05, 4.69) is 55.2 Å². The van der Waals surface area contributed by atoms with E-state index in [0.29, 0.717) is 28.0 Å². The third-order valence-corrected chi connectivity index (χ3v) is 6.94. The molecule has 0 saturated carbocycles. The van der Waals surface area contributed by atoms with Gasteiger partial charge in [-0.05, 0) is 53.4 Å². The summed E-state index contributed by atoms with van der Waals surface area (Å²) >= 11 is 1.32. The zero-order valence-electron chi connectivity index (χ0n) is 21.9. The minimum atomic E-state index is -0.0962. The maximum Gasteiger partial charge on any atom is 0.196 e. The van der Waals surface area contributed by atoms with Crippen LogP contribution in [0.15, 0.2) is 71.9 Å². The van der Waals surface area contributed by atoms with Crippen molar-refractivity contribution in [1.82, 2.24) is 14.8 Å². The van der Waals surface area contributed by atoms with Crippen LogP contribution in [0.5, 0.6) is 17.2 Å². The highest BCUT2D eigenvalue weighted by molar-refractivity contribution is 7.99. The lowest BCUT2D eigenvalue weighted by Crippen LogP contribution is -2.10. The number of aromatic nitrogens is 3. The molecule has 1 aromatic heterocycles. The highest BCUT2D eigenvalue weighted by Gasteiger charge is 2.21. The van der Waals surface area contributed by atoms with Crippen LogP contribution in [-0.4, -0.2) is 47.6 Å². The SMILES string of the molecule is COc1ccc(-n2c(SCC(=O)c3cc(OC)ccc3OC)nnc2-c2ccc(C(C)(C)C)cc2)cc1. The second-order valence-electron chi connectivity index (χ2n) is 9.45. The number of thioether (sulfide) groups is 1. The van der Waals surface area contributed by atoms with Crippen molar-refractivity contribution in [3.63, 3.8) is 0 Å². The maximum atomic E-state index is 13.2. The Hall–Kier alpha value is -3.78. The van der Waals surface area contributed by atoms with E-state index in [-0.39, 0.29) is 17.0 Å². The molecule has 4 aromatic rings. The average molecular weight is 518 g/mol. The van der Waals surface area contributed by atoms with Gasteiger partial charge in [0.05, 0.1) is 32.6 Å². The molecule has 1 heterocycles. The van der Waals surface area contributed by atoms with Gasteiger partial charge in [0, 0.05) is 11.3 Å². The molecule has 3 aromatic carbocycles. The van der Waals surface area contributed by atoms with Crippen molar-refractivity contribution in [2.24, 2.45) is 0 Å². The number of benzene rings is 3. The quantitative estimate of drug-likeness (QED) is 0.192. The first-order valence-corrected chi connectivity index (χ1v) is 12.8. The number of hydrogen-bond donors (Lipinski definition) is 0. The molecule has 0 saturated heterocycles. The molecule has 0 atom stereocenters. The number of nitrogens with zero attached hydrogens (tertiary/aromatic N) is 3. The van der Waals surface area contributed by atoms with Gasteiger partial charge in [0.15, 0.2) is 16.8 Å². The number of carbonyl (C=O) groups excluding carboxylic acids is 1. The Kier molecular flexibility index (Phi) is 7.88. The summed E-state index contributed by atoms with van der Waals surface area (Å²) in [5.41, 5.74) is 3.55. The number of Topliss-reactive ketones (excluding diaryl/α,β-unsaturated/α-hetero) is 1. The van der Waals surface area contributed by atoms with Gasteiger partial charge < -0.3 is 14.2 Å². The van der Waals surface area contributed by atoms with Crippen LogP contribution >= 0.6 is 11.8 Å². The number of ether oxygens (including phenoxy) is 3. The molecule has 8 heteroatoms. The fraction of sp³-hybridized carbons (Fsp3) is 0.276. The van der Waals surface area contributed by atoms with Crippen molar-refractivity contribution in [2.45, 2.75) is 31.3 Å². The topological polar surface area (TPSA) is 75.5 Å². The number of hydrogen-bond acceptors (Lipinski definition) is 7. The van der Waals surface area contributed by atoms with Crippen molar-refractivity contribution in [1.29, 1.82) is 0 Å². The van der Waals surface area contributed by atoms with E-state index < -0.39 is 0 Å². The van der Waals surface area contributed by atoms with Gasteiger partial charge in [-0.2, -0.15) is 0 Å². The number of methoxy groups -OCH3 is 3. The summed E-state index contributed by atoms with van der Waals surface area (Å²) in [7, 11) is 4.75. The molecule has 37 heavy (non-hydrogen) atoms. The molecule has 0 N–H and O–H groups in total. The third-order valence-electron chi connectivity index (χ3n) is 6.01. The zero-order chi connectivity index (χ0) is 26.6. The van der Waals surface area contributed by atoms with E-state index in [0.717, 1.165) is 17.0 Å². The Bertz CT molecular complexity index is 1370. The van der Waals surface area contributed by atoms with Gasteiger partial charge in [0.1, 0.15) is 17.2 Å². The summed E-state index contributed by atoms with van der Waals surface area (Å²) in [6.07, 6.45) is 0. The molecular formula is C29H31N3O4S. The van der Waals surface area contributed by atoms with E-state index in [4.69, 9.17) is 14.2 Å². The predicted octanol–water partition coefficient (Wildman–Crippen LogP) is 6.23. The standard InChI is InChI=1S/C29H31N3O4S/c1-29(2,3)20-9-7-19(8-10-20)27-30-31-28(32(27)21-11-13-22(34-4)14-12-21)37-18-25(33)24-17-23(35-5)15-16-26(24)36-6/h7-17H,18H2,1-6H3. The molecule has 7 nitrogen and oxygen atoms in total. The molecular weight excluding hydrogens is 486 g/mol. The highest BCUT2D eigenvalue weighted by Crippen LogP contribution is 2.32. The van der Waals surface area contributed by atoms with Crippen molar-refractivity contribution in [2.75, 3.05) is 27.1 Å². The molecule has 192 valence electrons. The number of ketones is 1. The molecule has 0 aliphatic heterocycles. The van der Waals surface area contributed by atoms with Crippen LogP contribution in [0.1, 0.15) is 36.7 Å². The molecule has 0 radical (unpaired) electrons. The first-order chi connectivity index (χ1) is 17.7. The van der Waals surface area contributed by atoms with E-state index in [9.17, 15) is 4.79 Å². The lowest BCUT2D eigenvalue weighted by atomic mass is 9.87. The Morgan fingerprint density at radius 2 is 1.49 bits per heavy atom. The highest BCUT2D eigenvalue weighted by atomic mass is 32.2. The van der Waals surface area contributed by atoms with Gasteiger partial charge in [-0.25, -0.2) is 0 Å². The maximum absolute atomic E-state index is 13.2. The normalized spacial score (nSPS) is 11.3. The minimum absolute atomic E-state index is 0.0464. The molecule has 0 aliphatic carbocycles. The Balaban J connectivity index is 1.69. The first-order valence-electron chi connectivity index (χ1n) is 11.8. The van der Waals surface area contributed by atoms with Crippen molar-refractivity contribution < 1.29 is 19.0 Å². The zero-order valence-corrected chi connectivity index (χ0v) is 22.8. The predicted molar refractivity (Wildman–Crippen MR) is 147 cm³/mol. The second-order valence-corrected chi connectivity index (χ2v) is 10.4. The van der Waals surface area contributed by atoms with Crippen LogP contribution in [0.2, 0.25) is 0 Å². The van der Waals surface area contributed by atoms with Crippen LogP contribution in [0, 0.1) is 0 Å². The van der Waals surface area contributed by atoms with Gasteiger partial charge in [-0.3, -0.25) is 9.36 Å². The van der Waals surface area contributed by atoms with Crippen molar-refractivity contribution in [3.8, 4) is 34.3 Å². The fourth-order valence-corrected chi connectivity index (χ4v) is 4.71. The molecule has 0 spiro atoms. The Morgan fingerprint density at radius 1 is 0.838 bits per heavy atom. The number of carbonyl (C=O) groups is 1. The van der Waals surface area contributed by atoms with E-state index in [1.165, 1.54) is 17.3 Å². The van der Waals surface area contributed by atoms with Crippen LogP contribution < -0.4 is 14.2 Å². The fourth-order valence-electron chi connectivity index (χ4n) is 3.87. The monoisotopic (exact) mass is 517 g/mol. The van der Waals surface area contributed by atoms with Gasteiger partial charge >= 0.3 is 0 Å². The van der Waals surface area contributed by atoms with Gasteiger partial charge in [-0.1, -0.05) is 56.8 Å². The minimum Gasteiger partial charge on any atom is -0.497 e. The van der Waals surface area contributed by atoms with E-state index in [1.807, 2.05) is 28.8 Å². The third kappa shape index (κ3) is 5.80. The second kappa shape index (κ2) is 11.1.